The Morgan fingerprint density at radius 3 is 2.52 bits per heavy atom. The van der Waals surface area contributed by atoms with E-state index in [1.165, 1.54) is 28.0 Å². The van der Waals surface area contributed by atoms with E-state index < -0.39 is 16.9 Å². The number of carbonyl (C=O) groups excluding carboxylic acids is 1. The van der Waals surface area contributed by atoms with Gasteiger partial charge in [-0.25, -0.2) is 4.98 Å². The summed E-state index contributed by atoms with van der Waals surface area (Å²) >= 11 is 1.42. The lowest BCUT2D eigenvalue weighted by Crippen LogP contribution is -2.35. The van der Waals surface area contributed by atoms with Crippen molar-refractivity contribution in [3.05, 3.63) is 66.6 Å². The number of thiophene rings is 1. The molecule has 0 fully saturated rings. The second-order valence-electron chi connectivity index (χ2n) is 6.35. The summed E-state index contributed by atoms with van der Waals surface area (Å²) in [5.41, 5.74) is 6.71. The van der Waals surface area contributed by atoms with Crippen LogP contribution in [0.4, 0.5) is 5.69 Å². The van der Waals surface area contributed by atoms with Crippen LogP contribution in [0.15, 0.2) is 29.1 Å². The molecule has 0 saturated heterocycles. The number of primary amides is 1. The molecule has 2 aromatic heterocycles. The molecule has 140 valence electrons. The van der Waals surface area contributed by atoms with Gasteiger partial charge in [0.05, 0.1) is 10.3 Å². The molecule has 8 nitrogen and oxygen atoms in total. The zero-order valence-corrected chi connectivity index (χ0v) is 15.9. The molecule has 2 heterocycles. The van der Waals surface area contributed by atoms with E-state index in [1.807, 2.05) is 13.8 Å². The van der Waals surface area contributed by atoms with Gasteiger partial charge < -0.3 is 5.73 Å². The highest BCUT2D eigenvalue weighted by molar-refractivity contribution is 7.18. The zero-order valence-electron chi connectivity index (χ0n) is 15.1. The number of non-ortho nitro benzene ring substituents is 1. The van der Waals surface area contributed by atoms with Crippen LogP contribution >= 0.6 is 11.3 Å². The van der Waals surface area contributed by atoms with Gasteiger partial charge in [0.25, 0.3) is 11.2 Å². The first-order chi connectivity index (χ1) is 12.7. The first-order valence-corrected chi connectivity index (χ1v) is 9.06. The number of aryl methyl sites for hydroxylation is 2. The summed E-state index contributed by atoms with van der Waals surface area (Å²) < 4.78 is 1.32. The smallest absolute Gasteiger partial charge is 0.269 e. The molecule has 2 N–H and O–H groups in total. The van der Waals surface area contributed by atoms with E-state index in [0.29, 0.717) is 16.0 Å². The quantitative estimate of drug-likeness (QED) is 0.534. The largest absolute Gasteiger partial charge is 0.368 e. The number of fused-ring (bicyclic) bond motifs is 1. The summed E-state index contributed by atoms with van der Waals surface area (Å²) in [5.74, 6) is -0.235. The highest BCUT2D eigenvalue weighted by atomic mass is 32.1. The number of carbonyl (C=O) groups is 1. The third kappa shape index (κ3) is 3.33. The van der Waals surface area contributed by atoms with Crippen LogP contribution in [0.5, 0.6) is 0 Å². The normalized spacial score (nSPS) is 12.3. The molecular formula is C18H18N4O4S. The van der Waals surface area contributed by atoms with Gasteiger partial charge in [0.1, 0.15) is 16.7 Å². The summed E-state index contributed by atoms with van der Waals surface area (Å²) in [7, 11) is 0. The molecule has 0 aliphatic rings. The summed E-state index contributed by atoms with van der Waals surface area (Å²) in [6, 6.07) is 5.15. The Labute approximate surface area is 158 Å². The number of rotatable bonds is 5. The number of aromatic nitrogens is 2. The summed E-state index contributed by atoms with van der Waals surface area (Å²) in [4.78, 5) is 41.4. The molecule has 1 aromatic carbocycles. The van der Waals surface area contributed by atoms with Crippen molar-refractivity contribution < 1.29 is 9.72 Å². The maximum atomic E-state index is 13.1. The van der Waals surface area contributed by atoms with E-state index >= 15 is 0 Å². The predicted molar refractivity (Wildman–Crippen MR) is 103 cm³/mol. The van der Waals surface area contributed by atoms with E-state index in [2.05, 4.69) is 4.98 Å². The number of amides is 1. The SMILES string of the molecule is Cc1sc2nc(Cc3ccc([N+](=O)[O-])cc3)n(C(C)C(N)=O)c(=O)c2c1C. The van der Waals surface area contributed by atoms with Gasteiger partial charge in [-0.05, 0) is 31.9 Å². The molecular weight excluding hydrogens is 368 g/mol. The second kappa shape index (κ2) is 6.92. The van der Waals surface area contributed by atoms with Crippen molar-refractivity contribution in [2.45, 2.75) is 33.2 Å². The van der Waals surface area contributed by atoms with Crippen molar-refractivity contribution in [1.82, 2.24) is 9.55 Å². The molecule has 0 aliphatic heterocycles. The Bertz CT molecular complexity index is 1120. The van der Waals surface area contributed by atoms with E-state index in [1.54, 1.807) is 19.1 Å². The maximum absolute atomic E-state index is 13.1. The molecule has 0 saturated carbocycles. The number of hydrogen-bond acceptors (Lipinski definition) is 6. The summed E-state index contributed by atoms with van der Waals surface area (Å²) in [6.45, 7) is 5.33. The Balaban J connectivity index is 2.18. The van der Waals surface area contributed by atoms with Crippen molar-refractivity contribution >= 4 is 33.1 Å². The van der Waals surface area contributed by atoms with Crippen molar-refractivity contribution in [2.24, 2.45) is 5.73 Å². The maximum Gasteiger partial charge on any atom is 0.269 e. The standard InChI is InChI=1S/C18H18N4O4S/c1-9-11(3)27-17-15(9)18(24)21(10(2)16(19)23)14(20-17)8-12-4-6-13(7-5-12)22(25)26/h4-7,10H,8H2,1-3H3,(H2,19,23). The molecule has 0 bridgehead atoms. The molecule has 1 atom stereocenters. The average Bonchev–Trinajstić information content (AvgIpc) is 2.89. The van der Waals surface area contributed by atoms with Crippen LogP contribution in [0.2, 0.25) is 0 Å². The van der Waals surface area contributed by atoms with Crippen LogP contribution in [-0.4, -0.2) is 20.4 Å². The number of nitro benzene ring substituents is 1. The van der Waals surface area contributed by atoms with Gasteiger partial charge in [-0.2, -0.15) is 0 Å². The molecule has 0 spiro atoms. The van der Waals surface area contributed by atoms with E-state index in [9.17, 15) is 19.7 Å². The fourth-order valence-corrected chi connectivity index (χ4v) is 3.96. The van der Waals surface area contributed by atoms with Crippen molar-refractivity contribution in [3.63, 3.8) is 0 Å². The first kappa shape index (κ1) is 18.7. The van der Waals surface area contributed by atoms with Crippen LogP contribution in [0.25, 0.3) is 10.2 Å². The minimum Gasteiger partial charge on any atom is -0.368 e. The van der Waals surface area contributed by atoms with Crippen LogP contribution in [0, 0.1) is 24.0 Å². The summed E-state index contributed by atoms with van der Waals surface area (Å²) in [6.07, 6.45) is 0.247. The molecule has 3 aromatic rings. The lowest BCUT2D eigenvalue weighted by atomic mass is 10.1. The molecule has 27 heavy (non-hydrogen) atoms. The number of nitrogens with two attached hydrogens (primary N) is 1. The minimum atomic E-state index is -0.859. The fraction of sp³-hybridized carbons (Fsp3) is 0.278. The highest BCUT2D eigenvalue weighted by Gasteiger charge is 2.22. The number of hydrogen-bond donors (Lipinski definition) is 1. The average molecular weight is 386 g/mol. The van der Waals surface area contributed by atoms with Crippen LogP contribution < -0.4 is 11.3 Å². The second-order valence-corrected chi connectivity index (χ2v) is 7.55. The van der Waals surface area contributed by atoms with Gasteiger partial charge >= 0.3 is 0 Å². The predicted octanol–water partition coefficient (Wildman–Crippen LogP) is 2.62. The van der Waals surface area contributed by atoms with Gasteiger partial charge in [-0.3, -0.25) is 24.3 Å². The lowest BCUT2D eigenvalue weighted by Gasteiger charge is -2.17. The number of nitro groups is 1. The number of benzene rings is 1. The van der Waals surface area contributed by atoms with E-state index in [-0.39, 0.29) is 17.7 Å². The molecule has 0 aliphatic carbocycles. The Morgan fingerprint density at radius 2 is 1.96 bits per heavy atom. The van der Waals surface area contributed by atoms with Crippen molar-refractivity contribution in [2.75, 3.05) is 0 Å². The van der Waals surface area contributed by atoms with Gasteiger partial charge in [0.2, 0.25) is 5.91 Å². The van der Waals surface area contributed by atoms with Crippen LogP contribution in [-0.2, 0) is 11.2 Å². The molecule has 1 unspecified atom stereocenters. The summed E-state index contributed by atoms with van der Waals surface area (Å²) in [5, 5.41) is 11.3. The molecule has 9 heteroatoms. The third-order valence-electron chi connectivity index (χ3n) is 4.62. The number of nitrogens with zero attached hydrogens (tertiary/aromatic N) is 3. The lowest BCUT2D eigenvalue weighted by molar-refractivity contribution is -0.384. The molecule has 1 amide bonds. The molecule has 0 radical (unpaired) electrons. The fourth-order valence-electron chi connectivity index (χ4n) is 2.92. The Kier molecular flexibility index (Phi) is 4.79. The third-order valence-corrected chi connectivity index (χ3v) is 5.72. The van der Waals surface area contributed by atoms with Crippen LogP contribution in [0.3, 0.4) is 0 Å². The zero-order chi connectivity index (χ0) is 19.9. The Morgan fingerprint density at radius 1 is 1.33 bits per heavy atom. The highest BCUT2D eigenvalue weighted by Crippen LogP contribution is 2.27. The van der Waals surface area contributed by atoms with Crippen LogP contribution in [0.1, 0.15) is 34.8 Å². The molecule has 3 rings (SSSR count). The van der Waals surface area contributed by atoms with Gasteiger partial charge in [-0.15, -0.1) is 11.3 Å². The Hall–Kier alpha value is -3.07. The van der Waals surface area contributed by atoms with E-state index in [0.717, 1.165) is 16.0 Å². The van der Waals surface area contributed by atoms with E-state index in [4.69, 9.17) is 5.73 Å². The van der Waals surface area contributed by atoms with Crippen molar-refractivity contribution in [3.8, 4) is 0 Å². The van der Waals surface area contributed by atoms with Gasteiger partial charge in [0, 0.05) is 23.4 Å². The minimum absolute atomic E-state index is 0.0189. The topological polar surface area (TPSA) is 121 Å². The van der Waals surface area contributed by atoms with Crippen molar-refractivity contribution in [1.29, 1.82) is 0 Å². The monoisotopic (exact) mass is 386 g/mol. The first-order valence-electron chi connectivity index (χ1n) is 8.24. The van der Waals surface area contributed by atoms with Gasteiger partial charge in [0.15, 0.2) is 0 Å². The van der Waals surface area contributed by atoms with Gasteiger partial charge in [-0.1, -0.05) is 12.1 Å².